The topological polar surface area (TPSA) is 9.23 Å². The maximum Gasteiger partial charge on any atom is 0.0681 e. The van der Waals surface area contributed by atoms with E-state index in [0.29, 0.717) is 0 Å². The van der Waals surface area contributed by atoms with Crippen molar-refractivity contribution in [2.45, 2.75) is 38.3 Å². The van der Waals surface area contributed by atoms with Crippen molar-refractivity contribution in [3.8, 4) is 0 Å². The zero-order valence-electron chi connectivity index (χ0n) is 7.81. The average Bonchev–Trinajstić information content (AvgIpc) is 2.04. The predicted molar refractivity (Wildman–Crippen MR) is 51.9 cm³/mol. The molecule has 1 atom stereocenters. The molecule has 1 heterocycles. The summed E-state index contributed by atoms with van der Waals surface area (Å²) < 4.78 is 5.81. The Morgan fingerprint density at radius 1 is 1.55 bits per heavy atom. The van der Waals surface area contributed by atoms with Gasteiger partial charge in [0.1, 0.15) is 0 Å². The van der Waals surface area contributed by atoms with Gasteiger partial charge < -0.3 is 4.74 Å². The molecule has 2 heteroatoms. The summed E-state index contributed by atoms with van der Waals surface area (Å²) >= 11 is 0. The van der Waals surface area contributed by atoms with E-state index in [4.69, 9.17) is 4.74 Å². The molecule has 11 heavy (non-hydrogen) atoms. The van der Waals surface area contributed by atoms with E-state index in [0.717, 1.165) is 16.8 Å². The molecular weight excluding hydrogens is 152 g/mol. The second-order valence-corrected chi connectivity index (χ2v) is 5.12. The molecule has 1 aliphatic heterocycles. The first-order valence-corrected chi connectivity index (χ1v) is 5.46. The Balaban J connectivity index is 2.64. The summed E-state index contributed by atoms with van der Waals surface area (Å²) in [6.07, 6.45) is 6.03. The Morgan fingerprint density at radius 2 is 2.27 bits per heavy atom. The highest BCUT2D eigenvalue weighted by molar-refractivity contribution is 6.16. The number of ether oxygens (including phenoxy) is 1. The van der Waals surface area contributed by atoms with Crippen molar-refractivity contribution in [2.24, 2.45) is 0 Å². The lowest BCUT2D eigenvalue weighted by Crippen LogP contribution is -2.37. The van der Waals surface area contributed by atoms with E-state index < -0.39 is 0 Å². The second kappa shape index (κ2) is 3.54. The van der Waals surface area contributed by atoms with Gasteiger partial charge in [-0.05, 0) is 33.1 Å². The van der Waals surface area contributed by atoms with Crippen LogP contribution in [0.4, 0.5) is 0 Å². The van der Waals surface area contributed by atoms with Crippen LogP contribution >= 0.6 is 0 Å². The fourth-order valence-corrected chi connectivity index (χ4v) is 2.40. The Hall–Kier alpha value is -0.0831. The largest absolute Gasteiger partial charge is 0.375 e. The van der Waals surface area contributed by atoms with Gasteiger partial charge in [0.2, 0.25) is 0 Å². The molecule has 0 radical (unpaired) electrons. The van der Waals surface area contributed by atoms with E-state index in [9.17, 15) is 0 Å². The molecule has 0 amide bonds. The van der Waals surface area contributed by atoms with Crippen LogP contribution in [-0.4, -0.2) is 22.1 Å². The Morgan fingerprint density at radius 3 is 2.73 bits per heavy atom. The summed E-state index contributed by atoms with van der Waals surface area (Å²) in [5, 5.41) is 0.188. The van der Waals surface area contributed by atoms with Crippen molar-refractivity contribution in [3.63, 3.8) is 0 Å². The summed E-state index contributed by atoms with van der Waals surface area (Å²) in [7, 11) is 1.13. The molecule has 64 valence electrons. The van der Waals surface area contributed by atoms with E-state index in [-0.39, 0.29) is 5.22 Å². The van der Waals surface area contributed by atoms with Crippen LogP contribution in [0.2, 0.25) is 0 Å². The summed E-state index contributed by atoms with van der Waals surface area (Å²) in [5.74, 6) is 0. The Kier molecular flexibility index (Phi) is 2.90. The van der Waals surface area contributed by atoms with Crippen molar-refractivity contribution in [3.05, 3.63) is 11.6 Å². The number of hydrogen-bond acceptors (Lipinski definition) is 1. The molecule has 1 nitrogen and oxygen atoms in total. The molecule has 0 aromatic rings. The molecule has 0 aromatic heterocycles. The third-order valence-corrected chi connectivity index (χ3v) is 4.31. The lowest BCUT2D eigenvalue weighted by molar-refractivity contribution is 0.00750. The fraction of sp³-hybridized carbons (Fsp3) is 0.778. The molecular formula is C9H18OSi. The minimum absolute atomic E-state index is 0.188. The highest BCUT2D eigenvalue weighted by atomic mass is 28.1. The highest BCUT2D eigenvalue weighted by Gasteiger charge is 2.28. The van der Waals surface area contributed by atoms with Gasteiger partial charge in [-0.15, -0.1) is 0 Å². The number of rotatable bonds is 1. The van der Waals surface area contributed by atoms with Crippen LogP contribution in [0.25, 0.3) is 0 Å². The molecule has 1 rings (SSSR count). The smallest absolute Gasteiger partial charge is 0.0681 e. The quantitative estimate of drug-likeness (QED) is 0.425. The van der Waals surface area contributed by atoms with Crippen LogP contribution in [-0.2, 0) is 4.74 Å². The SMILES string of the molecule is CC=C(C)C1([SiH3])CCCCO1. The molecule has 1 unspecified atom stereocenters. The predicted octanol–water partition coefficient (Wildman–Crippen LogP) is 1.21. The highest BCUT2D eigenvalue weighted by Crippen LogP contribution is 2.28. The van der Waals surface area contributed by atoms with Crippen LogP contribution in [0.3, 0.4) is 0 Å². The van der Waals surface area contributed by atoms with Crippen molar-refractivity contribution in [2.75, 3.05) is 6.61 Å². The third-order valence-electron chi connectivity index (χ3n) is 2.74. The van der Waals surface area contributed by atoms with E-state index in [1.54, 1.807) is 0 Å². The van der Waals surface area contributed by atoms with Gasteiger partial charge in [0.25, 0.3) is 0 Å². The van der Waals surface area contributed by atoms with Crippen molar-refractivity contribution in [1.29, 1.82) is 0 Å². The van der Waals surface area contributed by atoms with Gasteiger partial charge in [0, 0.05) is 16.8 Å². The van der Waals surface area contributed by atoms with E-state index in [1.165, 1.54) is 24.8 Å². The van der Waals surface area contributed by atoms with Gasteiger partial charge in [-0.1, -0.05) is 11.6 Å². The normalized spacial score (nSPS) is 34.2. The van der Waals surface area contributed by atoms with Crippen molar-refractivity contribution >= 4 is 10.2 Å². The standard InChI is InChI=1S/C9H18OSi/c1-3-8(2)9(11)6-4-5-7-10-9/h3H,4-7H2,1-2,11H3. The summed E-state index contributed by atoms with van der Waals surface area (Å²) in [5.41, 5.74) is 1.43. The molecule has 0 N–H and O–H groups in total. The Bertz CT molecular complexity index is 157. The Labute approximate surface area is 72.2 Å². The van der Waals surface area contributed by atoms with E-state index in [1.807, 2.05) is 0 Å². The molecule has 1 fully saturated rings. The maximum atomic E-state index is 5.81. The zero-order valence-corrected chi connectivity index (χ0v) is 9.81. The van der Waals surface area contributed by atoms with Gasteiger partial charge in [-0.2, -0.15) is 0 Å². The van der Waals surface area contributed by atoms with Gasteiger partial charge in [-0.3, -0.25) is 0 Å². The molecule has 0 saturated carbocycles. The van der Waals surface area contributed by atoms with Gasteiger partial charge in [0.05, 0.1) is 5.22 Å². The summed E-state index contributed by atoms with van der Waals surface area (Å²) in [4.78, 5) is 0. The maximum absolute atomic E-state index is 5.81. The third kappa shape index (κ3) is 1.94. The lowest BCUT2D eigenvalue weighted by atomic mass is 10.0. The van der Waals surface area contributed by atoms with Crippen molar-refractivity contribution < 1.29 is 4.74 Å². The monoisotopic (exact) mass is 170 g/mol. The van der Waals surface area contributed by atoms with E-state index in [2.05, 4.69) is 19.9 Å². The number of allylic oxidation sites excluding steroid dienone is 1. The van der Waals surface area contributed by atoms with Crippen LogP contribution in [0.15, 0.2) is 11.6 Å². The summed E-state index contributed by atoms with van der Waals surface area (Å²) in [6, 6.07) is 0. The first-order valence-electron chi connectivity index (χ1n) is 4.46. The molecule has 0 spiro atoms. The number of hydrogen-bond donors (Lipinski definition) is 0. The molecule has 0 bridgehead atoms. The summed E-state index contributed by atoms with van der Waals surface area (Å²) in [6.45, 7) is 5.26. The molecule has 0 aromatic carbocycles. The first kappa shape index (κ1) is 9.01. The zero-order chi connectivity index (χ0) is 8.32. The first-order chi connectivity index (χ1) is 5.19. The minimum atomic E-state index is 0.188. The van der Waals surface area contributed by atoms with Crippen LogP contribution < -0.4 is 0 Å². The molecule has 1 aliphatic rings. The van der Waals surface area contributed by atoms with E-state index >= 15 is 0 Å². The van der Waals surface area contributed by atoms with Crippen molar-refractivity contribution in [1.82, 2.24) is 0 Å². The van der Waals surface area contributed by atoms with Crippen LogP contribution in [0.1, 0.15) is 33.1 Å². The van der Waals surface area contributed by atoms with Gasteiger partial charge in [-0.25, -0.2) is 0 Å². The second-order valence-electron chi connectivity index (χ2n) is 3.51. The lowest BCUT2D eigenvalue weighted by Gasteiger charge is -2.35. The van der Waals surface area contributed by atoms with Gasteiger partial charge >= 0.3 is 0 Å². The molecule has 1 saturated heterocycles. The van der Waals surface area contributed by atoms with Gasteiger partial charge in [0.15, 0.2) is 0 Å². The fourth-order valence-electron chi connectivity index (χ4n) is 1.55. The minimum Gasteiger partial charge on any atom is -0.375 e. The average molecular weight is 170 g/mol. The van der Waals surface area contributed by atoms with Crippen LogP contribution in [0, 0.1) is 0 Å². The molecule has 0 aliphatic carbocycles. The van der Waals surface area contributed by atoms with Crippen LogP contribution in [0.5, 0.6) is 0 Å².